The van der Waals surface area contributed by atoms with Crippen molar-refractivity contribution in [2.75, 3.05) is 6.61 Å². The van der Waals surface area contributed by atoms with Crippen LogP contribution in [0.1, 0.15) is 66.2 Å². The van der Waals surface area contributed by atoms with Gasteiger partial charge in [-0.2, -0.15) is 0 Å². The van der Waals surface area contributed by atoms with Gasteiger partial charge in [0.2, 0.25) is 0 Å². The van der Waals surface area contributed by atoms with Gasteiger partial charge in [0.1, 0.15) is 5.75 Å². The zero-order valence-corrected chi connectivity index (χ0v) is 11.9. The Labute approximate surface area is 119 Å². The summed E-state index contributed by atoms with van der Waals surface area (Å²) in [5.41, 5.74) is 0.349. The number of aromatic hydroxyl groups is 1. The van der Waals surface area contributed by atoms with E-state index in [9.17, 15) is 14.7 Å². The van der Waals surface area contributed by atoms with Gasteiger partial charge >= 0.3 is 5.97 Å². The Morgan fingerprint density at radius 3 is 2.60 bits per heavy atom. The maximum atomic E-state index is 11.8. The molecule has 4 nitrogen and oxygen atoms in total. The third-order valence-corrected chi connectivity index (χ3v) is 3.11. The number of hydrogen-bond acceptors (Lipinski definition) is 4. The molecule has 0 heterocycles. The van der Waals surface area contributed by atoms with Crippen LogP contribution in [0, 0.1) is 0 Å². The van der Waals surface area contributed by atoms with E-state index in [1.165, 1.54) is 37.5 Å². The van der Waals surface area contributed by atoms with Crippen molar-refractivity contribution in [1.82, 2.24) is 0 Å². The summed E-state index contributed by atoms with van der Waals surface area (Å²) in [6.45, 7) is 2.54. The molecule has 1 N–H and O–H groups in total. The van der Waals surface area contributed by atoms with Crippen molar-refractivity contribution >= 4 is 12.3 Å². The molecule has 0 radical (unpaired) electrons. The maximum absolute atomic E-state index is 11.8. The van der Waals surface area contributed by atoms with Crippen LogP contribution in [-0.4, -0.2) is 24.0 Å². The molecule has 4 heteroatoms. The first kappa shape index (κ1) is 16.2. The van der Waals surface area contributed by atoms with E-state index in [2.05, 4.69) is 6.92 Å². The summed E-state index contributed by atoms with van der Waals surface area (Å²) in [6.07, 6.45) is 7.26. The second-order valence-electron chi connectivity index (χ2n) is 4.79. The molecule has 0 aliphatic rings. The highest BCUT2D eigenvalue weighted by molar-refractivity contribution is 5.98. The van der Waals surface area contributed by atoms with E-state index in [4.69, 9.17) is 4.74 Å². The average Bonchev–Trinajstić information content (AvgIpc) is 2.45. The van der Waals surface area contributed by atoms with Crippen molar-refractivity contribution < 1.29 is 19.4 Å². The van der Waals surface area contributed by atoms with Crippen LogP contribution in [-0.2, 0) is 4.74 Å². The Morgan fingerprint density at radius 2 is 1.90 bits per heavy atom. The van der Waals surface area contributed by atoms with Crippen molar-refractivity contribution in [2.45, 2.75) is 45.4 Å². The molecule has 0 fully saturated rings. The highest BCUT2D eigenvalue weighted by atomic mass is 16.5. The lowest BCUT2D eigenvalue weighted by molar-refractivity contribution is 0.0495. The molecule has 0 aliphatic carbocycles. The van der Waals surface area contributed by atoms with E-state index in [0.29, 0.717) is 12.9 Å². The zero-order valence-electron chi connectivity index (χ0n) is 11.9. The highest BCUT2D eigenvalue weighted by Gasteiger charge is 2.12. The van der Waals surface area contributed by atoms with Gasteiger partial charge < -0.3 is 9.84 Å². The molecule has 1 rings (SSSR count). The molecule has 0 amide bonds. The minimum absolute atomic E-state index is 0.0421. The topological polar surface area (TPSA) is 63.6 Å². The Morgan fingerprint density at radius 1 is 1.20 bits per heavy atom. The van der Waals surface area contributed by atoms with Gasteiger partial charge in [-0.25, -0.2) is 4.79 Å². The Kier molecular flexibility index (Phi) is 7.40. The minimum atomic E-state index is -0.513. The molecular formula is C16H22O4. The third kappa shape index (κ3) is 5.43. The van der Waals surface area contributed by atoms with Crippen LogP contribution in [0.4, 0.5) is 0 Å². The molecule has 110 valence electrons. The Balaban J connectivity index is 2.34. The van der Waals surface area contributed by atoms with Crippen LogP contribution in [0.25, 0.3) is 0 Å². The Bertz CT molecular complexity index is 440. The molecule has 1 aromatic carbocycles. The van der Waals surface area contributed by atoms with Crippen molar-refractivity contribution in [3.63, 3.8) is 0 Å². The first-order chi connectivity index (χ1) is 9.69. The molecule has 0 aromatic heterocycles. The van der Waals surface area contributed by atoms with E-state index in [1.54, 1.807) is 0 Å². The number of unbranched alkanes of at least 4 members (excludes halogenated alkanes) is 5. The SMILES string of the molecule is CCCCCCCCOC(=O)c1ccc(O)cc1C=O. The number of hydrogen-bond donors (Lipinski definition) is 1. The third-order valence-electron chi connectivity index (χ3n) is 3.11. The van der Waals surface area contributed by atoms with Crippen LogP contribution in [0.3, 0.4) is 0 Å². The number of ether oxygens (including phenoxy) is 1. The fourth-order valence-corrected chi connectivity index (χ4v) is 1.96. The lowest BCUT2D eigenvalue weighted by Gasteiger charge is -2.07. The molecule has 0 bridgehead atoms. The van der Waals surface area contributed by atoms with Gasteiger partial charge in [0, 0.05) is 5.56 Å². The summed E-state index contributed by atoms with van der Waals surface area (Å²) in [5.74, 6) is -0.555. The number of phenolic OH excluding ortho intramolecular Hbond substituents is 1. The molecule has 0 saturated heterocycles. The number of carbonyl (C=O) groups is 2. The van der Waals surface area contributed by atoms with Crippen LogP contribution in [0.15, 0.2) is 18.2 Å². The van der Waals surface area contributed by atoms with E-state index >= 15 is 0 Å². The normalized spacial score (nSPS) is 10.2. The van der Waals surface area contributed by atoms with Crippen molar-refractivity contribution in [2.24, 2.45) is 0 Å². The fraction of sp³-hybridized carbons (Fsp3) is 0.500. The predicted octanol–water partition coefficient (Wildman–Crippen LogP) is 3.72. The van der Waals surface area contributed by atoms with Crippen LogP contribution in [0.5, 0.6) is 5.75 Å². The summed E-state index contributed by atoms with van der Waals surface area (Å²) in [7, 11) is 0. The zero-order chi connectivity index (χ0) is 14.8. The molecule has 20 heavy (non-hydrogen) atoms. The lowest BCUT2D eigenvalue weighted by Crippen LogP contribution is -2.09. The maximum Gasteiger partial charge on any atom is 0.338 e. The number of carbonyl (C=O) groups excluding carboxylic acids is 2. The van der Waals surface area contributed by atoms with Crippen molar-refractivity contribution in [3.05, 3.63) is 29.3 Å². The van der Waals surface area contributed by atoms with Crippen molar-refractivity contribution in [3.8, 4) is 5.75 Å². The van der Waals surface area contributed by atoms with Gasteiger partial charge in [0.15, 0.2) is 6.29 Å². The van der Waals surface area contributed by atoms with Crippen LogP contribution in [0.2, 0.25) is 0 Å². The standard InChI is InChI=1S/C16H22O4/c1-2-3-4-5-6-7-10-20-16(19)15-9-8-14(18)11-13(15)12-17/h8-9,11-12,18H,2-7,10H2,1H3. The summed E-state index contributed by atoms with van der Waals surface area (Å²) in [5, 5.41) is 9.26. The van der Waals surface area contributed by atoms with Gasteiger partial charge in [0.05, 0.1) is 12.2 Å². The van der Waals surface area contributed by atoms with E-state index in [-0.39, 0.29) is 16.9 Å². The fourth-order valence-electron chi connectivity index (χ4n) is 1.96. The number of rotatable bonds is 9. The largest absolute Gasteiger partial charge is 0.508 e. The first-order valence-electron chi connectivity index (χ1n) is 7.14. The average molecular weight is 278 g/mol. The van der Waals surface area contributed by atoms with Gasteiger partial charge in [0.25, 0.3) is 0 Å². The van der Waals surface area contributed by atoms with Crippen LogP contribution >= 0.6 is 0 Å². The number of phenols is 1. The van der Waals surface area contributed by atoms with Crippen LogP contribution < -0.4 is 0 Å². The predicted molar refractivity (Wildman–Crippen MR) is 77.2 cm³/mol. The van der Waals surface area contributed by atoms with E-state index in [1.807, 2.05) is 0 Å². The summed E-state index contributed by atoms with van der Waals surface area (Å²) >= 11 is 0. The van der Waals surface area contributed by atoms with Crippen molar-refractivity contribution in [1.29, 1.82) is 0 Å². The molecule has 0 spiro atoms. The number of benzene rings is 1. The molecule has 0 aliphatic heterocycles. The summed E-state index contributed by atoms with van der Waals surface area (Å²) in [4.78, 5) is 22.6. The lowest BCUT2D eigenvalue weighted by atomic mass is 10.1. The first-order valence-corrected chi connectivity index (χ1v) is 7.14. The highest BCUT2D eigenvalue weighted by Crippen LogP contribution is 2.16. The van der Waals surface area contributed by atoms with Gasteiger partial charge in [-0.3, -0.25) is 4.79 Å². The molecule has 0 unspecified atom stereocenters. The number of esters is 1. The molecule has 0 saturated carbocycles. The monoisotopic (exact) mass is 278 g/mol. The quantitative estimate of drug-likeness (QED) is 0.425. The van der Waals surface area contributed by atoms with E-state index < -0.39 is 5.97 Å². The van der Waals surface area contributed by atoms with E-state index in [0.717, 1.165) is 19.3 Å². The number of aldehydes is 1. The minimum Gasteiger partial charge on any atom is -0.508 e. The van der Waals surface area contributed by atoms with Gasteiger partial charge in [-0.15, -0.1) is 0 Å². The van der Waals surface area contributed by atoms with Gasteiger partial charge in [-0.1, -0.05) is 39.0 Å². The Hall–Kier alpha value is -1.84. The molecular weight excluding hydrogens is 256 g/mol. The molecule has 1 aromatic rings. The second kappa shape index (κ2) is 9.13. The van der Waals surface area contributed by atoms with Gasteiger partial charge in [-0.05, 0) is 24.6 Å². The summed E-state index contributed by atoms with van der Waals surface area (Å²) < 4.78 is 5.14. The smallest absolute Gasteiger partial charge is 0.338 e. The summed E-state index contributed by atoms with van der Waals surface area (Å²) in [6, 6.07) is 4.03. The molecule has 0 atom stereocenters. The second-order valence-corrected chi connectivity index (χ2v) is 4.79.